The van der Waals surface area contributed by atoms with E-state index in [-0.39, 0.29) is 19.6 Å². The Labute approximate surface area is 92.1 Å². The molecule has 0 aromatic heterocycles. The second kappa shape index (κ2) is 4.89. The van der Waals surface area contributed by atoms with Gasteiger partial charge in [0, 0.05) is 19.2 Å². The van der Waals surface area contributed by atoms with Gasteiger partial charge in [-0.3, -0.25) is 0 Å². The Kier molecular flexibility index (Phi) is 4.19. The first-order valence-electron chi connectivity index (χ1n) is 4.99. The van der Waals surface area contributed by atoms with Crippen LogP contribution < -0.4 is 0 Å². The molecule has 8 heteroatoms. The minimum Gasteiger partial charge on any atom is -0.396 e. The van der Waals surface area contributed by atoms with Gasteiger partial charge >= 0.3 is 15.5 Å². The maximum Gasteiger partial charge on any atom is 0.511 e. The van der Waals surface area contributed by atoms with Crippen LogP contribution in [0.3, 0.4) is 0 Å². The zero-order valence-electron chi connectivity index (χ0n) is 8.57. The van der Waals surface area contributed by atoms with Crippen molar-refractivity contribution < 1.29 is 26.7 Å². The minimum absolute atomic E-state index is 0.0197. The zero-order valence-corrected chi connectivity index (χ0v) is 9.39. The molecule has 1 rings (SSSR count). The molecule has 0 radical (unpaired) electrons. The quantitative estimate of drug-likeness (QED) is 0.805. The molecule has 1 saturated carbocycles. The van der Waals surface area contributed by atoms with E-state index in [9.17, 15) is 21.6 Å². The highest BCUT2D eigenvalue weighted by molar-refractivity contribution is 7.90. The SMILES string of the molecule is O=S(=O)(N(CCCO)C1CCC1)C(F)(F)F. The number of hydrogen-bond acceptors (Lipinski definition) is 3. The fourth-order valence-electron chi connectivity index (χ4n) is 1.53. The van der Waals surface area contributed by atoms with Gasteiger partial charge in [0.2, 0.25) is 0 Å². The lowest BCUT2D eigenvalue weighted by Crippen LogP contribution is -2.49. The summed E-state index contributed by atoms with van der Waals surface area (Å²) < 4.78 is 59.9. The van der Waals surface area contributed by atoms with Crippen molar-refractivity contribution in [2.24, 2.45) is 0 Å². The molecule has 0 spiro atoms. The molecule has 16 heavy (non-hydrogen) atoms. The van der Waals surface area contributed by atoms with Gasteiger partial charge in [0.25, 0.3) is 0 Å². The number of rotatable bonds is 5. The van der Waals surface area contributed by atoms with Crippen molar-refractivity contribution in [3.63, 3.8) is 0 Å². The summed E-state index contributed by atoms with van der Waals surface area (Å²) in [6.07, 6.45) is 1.68. The zero-order chi connectivity index (χ0) is 12.4. The van der Waals surface area contributed by atoms with Crippen molar-refractivity contribution in [1.82, 2.24) is 4.31 Å². The number of nitrogens with zero attached hydrogens (tertiary/aromatic N) is 1. The monoisotopic (exact) mass is 261 g/mol. The summed E-state index contributed by atoms with van der Waals surface area (Å²) in [7, 11) is -5.25. The number of aliphatic hydroxyl groups is 1. The molecule has 1 aliphatic rings. The molecular weight excluding hydrogens is 247 g/mol. The normalized spacial score (nSPS) is 18.8. The van der Waals surface area contributed by atoms with Gasteiger partial charge in [-0.2, -0.15) is 17.5 Å². The molecule has 0 atom stereocenters. The molecule has 0 amide bonds. The highest BCUT2D eigenvalue weighted by Crippen LogP contribution is 2.34. The summed E-state index contributed by atoms with van der Waals surface area (Å²) in [6, 6.07) is -0.557. The molecule has 96 valence electrons. The summed E-state index contributed by atoms with van der Waals surface area (Å²) in [5.74, 6) is 0. The Morgan fingerprint density at radius 2 is 1.88 bits per heavy atom. The molecule has 0 saturated heterocycles. The summed E-state index contributed by atoms with van der Waals surface area (Å²) >= 11 is 0. The molecule has 1 N–H and O–H groups in total. The summed E-state index contributed by atoms with van der Waals surface area (Å²) in [5.41, 5.74) is -5.25. The Bertz CT molecular complexity index is 324. The first-order valence-corrected chi connectivity index (χ1v) is 6.43. The molecule has 0 aromatic carbocycles. The van der Waals surface area contributed by atoms with Crippen LogP contribution in [0.5, 0.6) is 0 Å². The van der Waals surface area contributed by atoms with Gasteiger partial charge in [-0.1, -0.05) is 6.42 Å². The smallest absolute Gasteiger partial charge is 0.396 e. The van der Waals surface area contributed by atoms with Crippen molar-refractivity contribution in [2.45, 2.75) is 37.2 Å². The van der Waals surface area contributed by atoms with Crippen molar-refractivity contribution >= 4 is 10.0 Å². The van der Waals surface area contributed by atoms with Gasteiger partial charge in [0.15, 0.2) is 0 Å². The van der Waals surface area contributed by atoms with E-state index in [1.54, 1.807) is 0 Å². The fraction of sp³-hybridized carbons (Fsp3) is 1.00. The van der Waals surface area contributed by atoms with Gasteiger partial charge < -0.3 is 5.11 Å². The number of alkyl halides is 3. The highest BCUT2D eigenvalue weighted by Gasteiger charge is 2.52. The average Bonchev–Trinajstić information content (AvgIpc) is 2.06. The Balaban J connectivity index is 2.83. The van der Waals surface area contributed by atoms with Crippen LogP contribution in [0.1, 0.15) is 25.7 Å². The predicted octanol–water partition coefficient (Wildman–Crippen LogP) is 1.07. The van der Waals surface area contributed by atoms with Crippen molar-refractivity contribution in [3.05, 3.63) is 0 Å². The van der Waals surface area contributed by atoms with Gasteiger partial charge in [0.05, 0.1) is 0 Å². The molecule has 1 aliphatic carbocycles. The Morgan fingerprint density at radius 1 is 1.31 bits per heavy atom. The van der Waals surface area contributed by atoms with E-state index in [4.69, 9.17) is 5.11 Å². The van der Waals surface area contributed by atoms with Crippen LogP contribution >= 0.6 is 0 Å². The van der Waals surface area contributed by atoms with Gasteiger partial charge in [-0.25, -0.2) is 8.42 Å². The van der Waals surface area contributed by atoms with Crippen LogP contribution in [-0.4, -0.2) is 42.5 Å². The molecule has 0 unspecified atom stereocenters. The summed E-state index contributed by atoms with van der Waals surface area (Å²) in [5, 5.41) is 8.55. The average molecular weight is 261 g/mol. The number of halogens is 3. The molecule has 0 aromatic rings. The number of aliphatic hydroxyl groups excluding tert-OH is 1. The van der Waals surface area contributed by atoms with E-state index in [0.29, 0.717) is 17.1 Å². The third-order valence-electron chi connectivity index (χ3n) is 2.62. The van der Waals surface area contributed by atoms with Crippen LogP contribution in [0.4, 0.5) is 13.2 Å². The van der Waals surface area contributed by atoms with Gasteiger partial charge in [-0.05, 0) is 19.3 Å². The second-order valence-electron chi connectivity index (χ2n) is 3.72. The fourth-order valence-corrected chi connectivity index (χ4v) is 2.77. The van der Waals surface area contributed by atoms with E-state index < -0.39 is 21.6 Å². The maximum absolute atomic E-state index is 12.3. The predicted molar refractivity (Wildman–Crippen MR) is 51.0 cm³/mol. The largest absolute Gasteiger partial charge is 0.511 e. The lowest BCUT2D eigenvalue weighted by Gasteiger charge is -2.36. The van der Waals surface area contributed by atoms with E-state index in [1.807, 2.05) is 0 Å². The second-order valence-corrected chi connectivity index (χ2v) is 5.61. The summed E-state index contributed by atoms with van der Waals surface area (Å²) in [6.45, 7) is -0.598. The van der Waals surface area contributed by atoms with Crippen molar-refractivity contribution in [3.8, 4) is 0 Å². The van der Waals surface area contributed by atoms with Gasteiger partial charge in [-0.15, -0.1) is 0 Å². The van der Waals surface area contributed by atoms with Crippen LogP contribution in [-0.2, 0) is 10.0 Å². The van der Waals surface area contributed by atoms with E-state index >= 15 is 0 Å². The molecule has 4 nitrogen and oxygen atoms in total. The van der Waals surface area contributed by atoms with Gasteiger partial charge in [0.1, 0.15) is 0 Å². The Morgan fingerprint density at radius 3 is 2.19 bits per heavy atom. The molecule has 0 heterocycles. The first-order chi connectivity index (χ1) is 7.30. The molecule has 1 fully saturated rings. The summed E-state index contributed by atoms with van der Waals surface area (Å²) in [4.78, 5) is 0. The standard InChI is InChI=1S/C8H14F3NO3S/c9-8(10,11)16(14,15)12(5-2-6-13)7-3-1-4-7/h7,13H,1-6H2. The van der Waals surface area contributed by atoms with Crippen molar-refractivity contribution in [2.75, 3.05) is 13.2 Å². The van der Waals surface area contributed by atoms with E-state index in [2.05, 4.69) is 0 Å². The lowest BCUT2D eigenvalue weighted by molar-refractivity contribution is -0.0513. The number of sulfonamides is 1. The van der Waals surface area contributed by atoms with E-state index in [1.165, 1.54) is 0 Å². The Hall–Kier alpha value is -0.340. The van der Waals surface area contributed by atoms with Crippen molar-refractivity contribution in [1.29, 1.82) is 0 Å². The first kappa shape index (κ1) is 13.7. The molecular formula is C8H14F3NO3S. The number of hydrogen-bond donors (Lipinski definition) is 1. The van der Waals surface area contributed by atoms with E-state index in [0.717, 1.165) is 6.42 Å². The topological polar surface area (TPSA) is 57.6 Å². The van der Waals surface area contributed by atoms with Crippen LogP contribution in [0.25, 0.3) is 0 Å². The van der Waals surface area contributed by atoms with Crippen LogP contribution in [0.2, 0.25) is 0 Å². The maximum atomic E-state index is 12.3. The molecule has 0 aliphatic heterocycles. The third-order valence-corrected chi connectivity index (χ3v) is 4.30. The minimum atomic E-state index is -5.25. The highest BCUT2D eigenvalue weighted by atomic mass is 32.2. The van der Waals surface area contributed by atoms with Crippen LogP contribution in [0, 0.1) is 0 Å². The lowest BCUT2D eigenvalue weighted by atomic mass is 9.93. The molecule has 0 bridgehead atoms. The van der Waals surface area contributed by atoms with Crippen LogP contribution in [0.15, 0.2) is 0 Å². The third kappa shape index (κ3) is 2.67.